The van der Waals surface area contributed by atoms with Gasteiger partial charge in [0.2, 0.25) is 0 Å². The standard InChI is InChI=1S/C17H27N5OS/c1-13-17(14(2)22(19-13)8-9-23)11-21-6-4-20(5-7-21)10-16-12-24-15(3)18-16/h12,23H,4-11H2,1-3H3. The number of aliphatic hydroxyl groups is 1. The maximum atomic E-state index is 9.14. The van der Waals surface area contributed by atoms with Crippen LogP contribution in [0.2, 0.25) is 0 Å². The smallest absolute Gasteiger partial charge is 0.0897 e. The van der Waals surface area contributed by atoms with Gasteiger partial charge in [0.1, 0.15) is 0 Å². The van der Waals surface area contributed by atoms with Crippen LogP contribution in [-0.4, -0.2) is 62.5 Å². The molecule has 1 fully saturated rings. The molecule has 2 aromatic heterocycles. The summed E-state index contributed by atoms with van der Waals surface area (Å²) in [5, 5.41) is 17.0. The van der Waals surface area contributed by atoms with Crippen LogP contribution in [0.3, 0.4) is 0 Å². The lowest BCUT2D eigenvalue weighted by Gasteiger charge is -2.34. The topological polar surface area (TPSA) is 57.4 Å². The number of rotatable bonds is 6. The molecule has 1 N–H and O–H groups in total. The maximum Gasteiger partial charge on any atom is 0.0897 e. The Morgan fingerprint density at radius 3 is 2.33 bits per heavy atom. The van der Waals surface area contributed by atoms with E-state index < -0.39 is 0 Å². The summed E-state index contributed by atoms with van der Waals surface area (Å²) < 4.78 is 1.92. The van der Waals surface area contributed by atoms with Gasteiger partial charge in [-0.1, -0.05) is 0 Å². The van der Waals surface area contributed by atoms with E-state index >= 15 is 0 Å². The zero-order valence-electron chi connectivity index (χ0n) is 14.8. The third kappa shape index (κ3) is 4.03. The van der Waals surface area contributed by atoms with E-state index in [9.17, 15) is 0 Å². The van der Waals surface area contributed by atoms with E-state index in [1.807, 2.05) is 4.68 Å². The van der Waals surface area contributed by atoms with Gasteiger partial charge in [-0.2, -0.15) is 5.10 Å². The number of thiazole rings is 1. The summed E-state index contributed by atoms with van der Waals surface area (Å²) in [5.74, 6) is 0. The van der Waals surface area contributed by atoms with Crippen molar-refractivity contribution in [1.82, 2.24) is 24.6 Å². The molecule has 3 rings (SSSR count). The van der Waals surface area contributed by atoms with Crippen LogP contribution in [0.15, 0.2) is 5.38 Å². The predicted molar refractivity (Wildman–Crippen MR) is 96.2 cm³/mol. The number of piperazine rings is 1. The van der Waals surface area contributed by atoms with Crippen LogP contribution in [0, 0.1) is 20.8 Å². The van der Waals surface area contributed by atoms with E-state index in [1.165, 1.54) is 17.0 Å². The van der Waals surface area contributed by atoms with E-state index in [0.29, 0.717) is 6.54 Å². The van der Waals surface area contributed by atoms with Crippen LogP contribution >= 0.6 is 11.3 Å². The van der Waals surface area contributed by atoms with Gasteiger partial charge in [0, 0.05) is 55.9 Å². The van der Waals surface area contributed by atoms with Crippen LogP contribution in [-0.2, 0) is 19.6 Å². The molecule has 0 atom stereocenters. The third-order valence-corrected chi connectivity index (χ3v) is 5.56. The second-order valence-electron chi connectivity index (χ2n) is 6.51. The lowest BCUT2D eigenvalue weighted by Crippen LogP contribution is -2.45. The van der Waals surface area contributed by atoms with Gasteiger partial charge in [-0.25, -0.2) is 4.98 Å². The van der Waals surface area contributed by atoms with Crippen LogP contribution in [0.25, 0.3) is 0 Å². The molecule has 24 heavy (non-hydrogen) atoms. The molecule has 1 aliphatic heterocycles. The van der Waals surface area contributed by atoms with Crippen LogP contribution in [0.5, 0.6) is 0 Å². The molecule has 0 amide bonds. The Kier molecular flexibility index (Phi) is 5.65. The molecule has 3 heterocycles. The Balaban J connectivity index is 1.54. The first-order valence-corrected chi connectivity index (χ1v) is 9.44. The average Bonchev–Trinajstić information content (AvgIpc) is 3.08. The van der Waals surface area contributed by atoms with Gasteiger partial charge in [0.25, 0.3) is 0 Å². The van der Waals surface area contributed by atoms with Crippen molar-refractivity contribution in [3.63, 3.8) is 0 Å². The quantitative estimate of drug-likeness (QED) is 0.858. The van der Waals surface area contributed by atoms with E-state index in [-0.39, 0.29) is 6.61 Å². The normalized spacial score (nSPS) is 16.8. The molecule has 0 aromatic carbocycles. The Labute approximate surface area is 147 Å². The first-order valence-electron chi connectivity index (χ1n) is 8.56. The van der Waals surface area contributed by atoms with Crippen LogP contribution in [0.4, 0.5) is 0 Å². The Bertz CT molecular complexity index is 673. The lowest BCUT2D eigenvalue weighted by atomic mass is 10.1. The fraction of sp³-hybridized carbons (Fsp3) is 0.647. The molecule has 0 unspecified atom stereocenters. The van der Waals surface area contributed by atoms with Gasteiger partial charge in [-0.05, 0) is 20.8 Å². The molecule has 2 aromatic rings. The lowest BCUT2D eigenvalue weighted by molar-refractivity contribution is 0.121. The summed E-state index contributed by atoms with van der Waals surface area (Å²) in [4.78, 5) is 9.56. The van der Waals surface area contributed by atoms with E-state index in [0.717, 1.165) is 50.0 Å². The van der Waals surface area contributed by atoms with Gasteiger partial charge in [0.15, 0.2) is 0 Å². The molecule has 132 valence electrons. The fourth-order valence-electron chi connectivity index (χ4n) is 3.31. The number of aromatic nitrogens is 3. The third-order valence-electron chi connectivity index (χ3n) is 4.74. The molecule has 6 nitrogen and oxygen atoms in total. The SMILES string of the molecule is Cc1nc(CN2CCN(Cc3c(C)nn(CCO)c3C)CC2)cs1. The molecule has 0 radical (unpaired) electrons. The van der Waals surface area contributed by atoms with Gasteiger partial charge >= 0.3 is 0 Å². The average molecular weight is 350 g/mol. The molecule has 0 spiro atoms. The number of aryl methyl sites for hydroxylation is 2. The summed E-state index contributed by atoms with van der Waals surface area (Å²) in [6, 6.07) is 0. The summed E-state index contributed by atoms with van der Waals surface area (Å²) in [6.07, 6.45) is 0. The molecule has 1 aliphatic rings. The summed E-state index contributed by atoms with van der Waals surface area (Å²) >= 11 is 1.73. The number of hydrogen-bond donors (Lipinski definition) is 1. The first-order chi connectivity index (χ1) is 11.6. The summed E-state index contributed by atoms with van der Waals surface area (Å²) in [6.45, 7) is 13.2. The highest BCUT2D eigenvalue weighted by atomic mass is 32.1. The minimum absolute atomic E-state index is 0.135. The Morgan fingerprint density at radius 1 is 1.08 bits per heavy atom. The van der Waals surface area contributed by atoms with Gasteiger partial charge in [-0.3, -0.25) is 14.5 Å². The number of hydrogen-bond acceptors (Lipinski definition) is 6. The monoisotopic (exact) mass is 349 g/mol. The van der Waals surface area contributed by atoms with Crippen LogP contribution < -0.4 is 0 Å². The van der Waals surface area contributed by atoms with E-state index in [1.54, 1.807) is 11.3 Å². The minimum Gasteiger partial charge on any atom is -0.394 e. The highest BCUT2D eigenvalue weighted by molar-refractivity contribution is 7.09. The van der Waals surface area contributed by atoms with E-state index in [2.05, 4.69) is 46.0 Å². The molecule has 1 saturated heterocycles. The Morgan fingerprint density at radius 2 is 1.75 bits per heavy atom. The van der Waals surface area contributed by atoms with Crippen molar-refractivity contribution in [2.45, 2.75) is 40.4 Å². The van der Waals surface area contributed by atoms with Crippen molar-refractivity contribution in [1.29, 1.82) is 0 Å². The van der Waals surface area contributed by atoms with E-state index in [4.69, 9.17) is 5.11 Å². The molecular formula is C17H27N5OS. The highest BCUT2D eigenvalue weighted by Crippen LogP contribution is 2.18. The van der Waals surface area contributed by atoms with Gasteiger partial charge < -0.3 is 5.11 Å². The second-order valence-corrected chi connectivity index (χ2v) is 7.57. The molecule has 0 aliphatic carbocycles. The van der Waals surface area contributed by atoms with Crippen molar-refractivity contribution in [3.8, 4) is 0 Å². The van der Waals surface area contributed by atoms with Crippen molar-refractivity contribution < 1.29 is 5.11 Å². The van der Waals surface area contributed by atoms with Crippen molar-refractivity contribution in [2.75, 3.05) is 32.8 Å². The van der Waals surface area contributed by atoms with Crippen LogP contribution in [0.1, 0.15) is 27.7 Å². The second kappa shape index (κ2) is 7.74. The zero-order valence-corrected chi connectivity index (χ0v) is 15.6. The predicted octanol–water partition coefficient (Wildman–Crippen LogP) is 1.57. The summed E-state index contributed by atoms with van der Waals surface area (Å²) in [5.41, 5.74) is 4.78. The minimum atomic E-state index is 0.135. The molecule has 0 bridgehead atoms. The first kappa shape index (κ1) is 17.5. The largest absolute Gasteiger partial charge is 0.394 e. The molecular weight excluding hydrogens is 322 g/mol. The summed E-state index contributed by atoms with van der Waals surface area (Å²) in [7, 11) is 0. The number of aliphatic hydroxyl groups excluding tert-OH is 1. The van der Waals surface area contributed by atoms with Crippen molar-refractivity contribution in [3.05, 3.63) is 33.0 Å². The van der Waals surface area contributed by atoms with Crippen molar-refractivity contribution in [2.24, 2.45) is 0 Å². The molecule has 7 heteroatoms. The Hall–Kier alpha value is -1.28. The zero-order chi connectivity index (χ0) is 17.1. The maximum absolute atomic E-state index is 9.14. The number of nitrogens with zero attached hydrogens (tertiary/aromatic N) is 5. The van der Waals surface area contributed by atoms with Gasteiger partial charge in [0.05, 0.1) is 29.5 Å². The van der Waals surface area contributed by atoms with Gasteiger partial charge in [-0.15, -0.1) is 11.3 Å². The van der Waals surface area contributed by atoms with Crippen molar-refractivity contribution >= 4 is 11.3 Å². The molecule has 0 saturated carbocycles. The highest BCUT2D eigenvalue weighted by Gasteiger charge is 2.20. The fourth-order valence-corrected chi connectivity index (χ4v) is 3.92.